The minimum absolute atomic E-state index is 0.202. The molecule has 4 nitrogen and oxygen atoms in total. The number of rotatable bonds is 7. The lowest BCUT2D eigenvalue weighted by Crippen LogP contribution is -2.24. The largest absolute Gasteiger partial charge is 0.493 e. The van der Waals surface area contributed by atoms with Gasteiger partial charge in [0.2, 0.25) is 5.91 Å². The van der Waals surface area contributed by atoms with Crippen LogP contribution in [-0.4, -0.2) is 31.6 Å². The standard InChI is InChI=1S/C21H22F3NO3/c1-4-28-18-11-7-15(13-19(18)27-3)8-12-20(26)25(2)14-16-5-9-17(10-6-16)21(22,23)24/h5-13H,4,14H2,1-3H3/b12-8+. The van der Waals surface area contributed by atoms with E-state index in [4.69, 9.17) is 9.47 Å². The fourth-order valence-electron chi connectivity index (χ4n) is 2.51. The first-order chi connectivity index (χ1) is 13.2. The molecule has 0 radical (unpaired) electrons. The number of methoxy groups -OCH3 is 1. The lowest BCUT2D eigenvalue weighted by Gasteiger charge is -2.16. The summed E-state index contributed by atoms with van der Waals surface area (Å²) in [7, 11) is 3.12. The summed E-state index contributed by atoms with van der Waals surface area (Å²) in [6.45, 7) is 2.59. The average Bonchev–Trinajstić information content (AvgIpc) is 2.66. The minimum Gasteiger partial charge on any atom is -0.493 e. The van der Waals surface area contributed by atoms with Crippen LogP contribution in [0.1, 0.15) is 23.6 Å². The first kappa shape index (κ1) is 21.3. The van der Waals surface area contributed by atoms with Crippen LogP contribution in [0.4, 0.5) is 13.2 Å². The lowest BCUT2D eigenvalue weighted by atomic mass is 10.1. The third kappa shape index (κ3) is 5.77. The number of likely N-dealkylation sites (N-methyl/N-ethyl adjacent to an activating group) is 1. The van der Waals surface area contributed by atoms with E-state index in [1.54, 1.807) is 31.3 Å². The van der Waals surface area contributed by atoms with Gasteiger partial charge in [-0.05, 0) is 48.4 Å². The number of alkyl halides is 3. The van der Waals surface area contributed by atoms with Crippen molar-refractivity contribution in [2.45, 2.75) is 19.6 Å². The van der Waals surface area contributed by atoms with Crippen molar-refractivity contribution in [2.75, 3.05) is 20.8 Å². The Morgan fingerprint density at radius 1 is 1.11 bits per heavy atom. The predicted molar refractivity (Wildman–Crippen MR) is 101 cm³/mol. The number of hydrogen-bond donors (Lipinski definition) is 0. The average molecular weight is 393 g/mol. The topological polar surface area (TPSA) is 38.8 Å². The van der Waals surface area contributed by atoms with E-state index in [9.17, 15) is 18.0 Å². The van der Waals surface area contributed by atoms with E-state index in [0.717, 1.165) is 17.7 Å². The number of ether oxygens (including phenoxy) is 2. The first-order valence-corrected chi connectivity index (χ1v) is 8.64. The van der Waals surface area contributed by atoms with Crippen LogP contribution in [0.2, 0.25) is 0 Å². The molecule has 0 bridgehead atoms. The van der Waals surface area contributed by atoms with Gasteiger partial charge in [0.1, 0.15) is 0 Å². The van der Waals surface area contributed by atoms with Crippen LogP contribution in [0.15, 0.2) is 48.5 Å². The second-order valence-corrected chi connectivity index (χ2v) is 6.07. The molecule has 0 spiro atoms. The number of nitrogens with zero attached hydrogens (tertiary/aromatic N) is 1. The zero-order valence-corrected chi connectivity index (χ0v) is 15.9. The van der Waals surface area contributed by atoms with Crippen LogP contribution in [-0.2, 0) is 17.5 Å². The molecule has 2 rings (SSSR count). The van der Waals surface area contributed by atoms with E-state index >= 15 is 0 Å². The third-order valence-corrected chi connectivity index (χ3v) is 3.98. The quantitative estimate of drug-likeness (QED) is 0.635. The van der Waals surface area contributed by atoms with E-state index in [0.29, 0.717) is 23.7 Å². The summed E-state index contributed by atoms with van der Waals surface area (Å²) < 4.78 is 48.5. The van der Waals surface area contributed by atoms with Crippen molar-refractivity contribution in [3.63, 3.8) is 0 Å². The number of carbonyl (C=O) groups is 1. The van der Waals surface area contributed by atoms with E-state index in [1.807, 2.05) is 6.92 Å². The SMILES string of the molecule is CCOc1ccc(/C=C/C(=O)N(C)Cc2ccc(C(F)(F)F)cc2)cc1OC. The van der Waals surface area contributed by atoms with Crippen molar-refractivity contribution < 1.29 is 27.4 Å². The maximum Gasteiger partial charge on any atom is 0.416 e. The molecule has 0 saturated carbocycles. The van der Waals surface area contributed by atoms with Gasteiger partial charge in [-0.25, -0.2) is 0 Å². The molecule has 7 heteroatoms. The molecule has 150 valence electrons. The number of hydrogen-bond acceptors (Lipinski definition) is 3. The number of halogens is 3. The highest BCUT2D eigenvalue weighted by atomic mass is 19.4. The van der Waals surface area contributed by atoms with Crippen LogP contribution in [0.25, 0.3) is 6.08 Å². The summed E-state index contributed by atoms with van der Waals surface area (Å²) in [5.74, 6) is 0.912. The Balaban J connectivity index is 2.01. The molecular weight excluding hydrogens is 371 g/mol. The van der Waals surface area contributed by atoms with Gasteiger partial charge in [-0.3, -0.25) is 4.79 Å². The molecule has 0 saturated heterocycles. The van der Waals surface area contributed by atoms with Crippen molar-refractivity contribution in [3.8, 4) is 11.5 Å². The number of carbonyl (C=O) groups excluding carboxylic acids is 1. The predicted octanol–water partition coefficient (Wildman–Crippen LogP) is 4.78. The summed E-state index contributed by atoms with van der Waals surface area (Å²) in [4.78, 5) is 13.7. The Morgan fingerprint density at radius 3 is 2.36 bits per heavy atom. The number of amides is 1. The van der Waals surface area contributed by atoms with Crippen molar-refractivity contribution in [2.24, 2.45) is 0 Å². The van der Waals surface area contributed by atoms with Gasteiger partial charge in [-0.2, -0.15) is 13.2 Å². The maximum atomic E-state index is 12.6. The van der Waals surface area contributed by atoms with E-state index in [2.05, 4.69) is 0 Å². The smallest absolute Gasteiger partial charge is 0.416 e. The van der Waals surface area contributed by atoms with Gasteiger partial charge >= 0.3 is 6.18 Å². The highest BCUT2D eigenvalue weighted by Crippen LogP contribution is 2.29. The van der Waals surface area contributed by atoms with Crippen molar-refractivity contribution >= 4 is 12.0 Å². The van der Waals surface area contributed by atoms with Gasteiger partial charge < -0.3 is 14.4 Å². The summed E-state index contributed by atoms with van der Waals surface area (Å²) in [5.41, 5.74) is 0.658. The molecule has 0 aromatic heterocycles. The van der Waals surface area contributed by atoms with Crippen LogP contribution in [0.3, 0.4) is 0 Å². The second-order valence-electron chi connectivity index (χ2n) is 6.07. The molecule has 28 heavy (non-hydrogen) atoms. The van der Waals surface area contributed by atoms with E-state index < -0.39 is 11.7 Å². The molecule has 0 heterocycles. The Labute approximate surface area is 162 Å². The molecule has 2 aromatic carbocycles. The van der Waals surface area contributed by atoms with Crippen molar-refractivity contribution in [3.05, 3.63) is 65.2 Å². The Kier molecular flexibility index (Phi) is 7.09. The molecule has 0 N–H and O–H groups in total. The maximum absolute atomic E-state index is 12.6. The van der Waals surface area contributed by atoms with E-state index in [-0.39, 0.29) is 12.5 Å². The summed E-state index contributed by atoms with van der Waals surface area (Å²) in [5, 5.41) is 0. The van der Waals surface area contributed by atoms with Crippen molar-refractivity contribution in [1.29, 1.82) is 0 Å². The van der Waals surface area contributed by atoms with Gasteiger partial charge in [0, 0.05) is 19.7 Å². The highest BCUT2D eigenvalue weighted by molar-refractivity contribution is 5.91. The molecule has 0 aliphatic heterocycles. The monoisotopic (exact) mass is 393 g/mol. The Morgan fingerprint density at radius 2 is 1.79 bits per heavy atom. The van der Waals surface area contributed by atoms with Crippen LogP contribution in [0, 0.1) is 0 Å². The molecule has 0 aliphatic carbocycles. The molecule has 2 aromatic rings. The van der Waals surface area contributed by atoms with Crippen LogP contribution >= 0.6 is 0 Å². The van der Waals surface area contributed by atoms with Gasteiger partial charge in [-0.15, -0.1) is 0 Å². The Hall–Kier alpha value is -2.96. The molecule has 0 fully saturated rings. The van der Waals surface area contributed by atoms with Gasteiger partial charge in [0.05, 0.1) is 19.3 Å². The molecule has 0 unspecified atom stereocenters. The zero-order valence-electron chi connectivity index (χ0n) is 15.9. The summed E-state index contributed by atoms with van der Waals surface area (Å²) in [6.07, 6.45) is -1.33. The highest BCUT2D eigenvalue weighted by Gasteiger charge is 2.29. The fourth-order valence-corrected chi connectivity index (χ4v) is 2.51. The zero-order chi connectivity index (χ0) is 20.7. The van der Waals surface area contributed by atoms with Gasteiger partial charge in [0.15, 0.2) is 11.5 Å². The molecular formula is C21H22F3NO3. The molecule has 0 aliphatic rings. The first-order valence-electron chi connectivity index (χ1n) is 8.64. The van der Waals surface area contributed by atoms with Crippen LogP contribution < -0.4 is 9.47 Å². The normalized spacial score (nSPS) is 11.5. The molecule has 0 atom stereocenters. The molecule has 1 amide bonds. The fraction of sp³-hybridized carbons (Fsp3) is 0.286. The Bertz CT molecular complexity index is 830. The van der Waals surface area contributed by atoms with Crippen molar-refractivity contribution in [1.82, 2.24) is 4.90 Å². The minimum atomic E-state index is -4.37. The van der Waals surface area contributed by atoms with Gasteiger partial charge in [-0.1, -0.05) is 18.2 Å². The van der Waals surface area contributed by atoms with Crippen LogP contribution in [0.5, 0.6) is 11.5 Å². The second kappa shape index (κ2) is 9.30. The van der Waals surface area contributed by atoms with Gasteiger partial charge in [0.25, 0.3) is 0 Å². The summed E-state index contributed by atoms with van der Waals surface area (Å²) >= 11 is 0. The van der Waals surface area contributed by atoms with E-state index in [1.165, 1.54) is 30.2 Å². The lowest BCUT2D eigenvalue weighted by molar-refractivity contribution is -0.137. The summed E-state index contributed by atoms with van der Waals surface area (Å²) in [6, 6.07) is 10.1. The number of benzene rings is 2. The third-order valence-electron chi connectivity index (χ3n) is 3.98.